The van der Waals surface area contributed by atoms with Crippen LogP contribution in [0.5, 0.6) is 5.88 Å². The third kappa shape index (κ3) is 3.39. The number of thioether (sulfide) groups is 1. The lowest BCUT2D eigenvalue weighted by atomic mass is 9.92. The third-order valence-corrected chi connectivity index (χ3v) is 5.63. The van der Waals surface area contributed by atoms with Gasteiger partial charge in [-0.05, 0) is 36.1 Å². The van der Waals surface area contributed by atoms with Crippen LogP contribution in [0.3, 0.4) is 0 Å². The number of aryl methyl sites for hydroxylation is 1. The number of hydrogen-bond acceptors (Lipinski definition) is 4. The zero-order valence-corrected chi connectivity index (χ0v) is 16.3. The van der Waals surface area contributed by atoms with Crippen molar-refractivity contribution in [3.8, 4) is 5.88 Å². The number of benzene rings is 1. The molecule has 4 rings (SSSR count). The predicted molar refractivity (Wildman–Crippen MR) is 109 cm³/mol. The lowest BCUT2D eigenvalue weighted by Gasteiger charge is -2.40. The van der Waals surface area contributed by atoms with E-state index in [1.807, 2.05) is 36.1 Å². The third-order valence-electron chi connectivity index (χ3n) is 4.91. The summed E-state index contributed by atoms with van der Waals surface area (Å²) in [5.74, 6) is 0.803. The molecule has 5 nitrogen and oxygen atoms in total. The van der Waals surface area contributed by atoms with Crippen molar-refractivity contribution in [2.75, 3.05) is 26.5 Å². The van der Waals surface area contributed by atoms with Crippen LogP contribution in [-0.4, -0.2) is 46.1 Å². The van der Waals surface area contributed by atoms with E-state index in [9.17, 15) is 4.39 Å². The summed E-state index contributed by atoms with van der Waals surface area (Å²) in [6.07, 6.45) is 5.87. The van der Waals surface area contributed by atoms with Gasteiger partial charge in [-0.15, -0.1) is 0 Å². The van der Waals surface area contributed by atoms with Gasteiger partial charge in [0.25, 0.3) is 0 Å². The molecule has 1 saturated heterocycles. The van der Waals surface area contributed by atoms with E-state index >= 15 is 0 Å². The molecule has 0 spiro atoms. The van der Waals surface area contributed by atoms with Gasteiger partial charge in [-0.2, -0.15) is 0 Å². The first-order valence-corrected chi connectivity index (χ1v) is 9.93. The molecule has 27 heavy (non-hydrogen) atoms. The average molecular weight is 384 g/mol. The van der Waals surface area contributed by atoms with E-state index in [1.165, 1.54) is 11.6 Å². The molecule has 0 saturated carbocycles. The first-order valence-electron chi connectivity index (χ1n) is 8.71. The minimum Gasteiger partial charge on any atom is -0.481 e. The molecule has 0 amide bonds. The maximum Gasteiger partial charge on any atom is 0.213 e. The van der Waals surface area contributed by atoms with Crippen molar-refractivity contribution in [2.24, 2.45) is 12.0 Å². The van der Waals surface area contributed by atoms with Crippen LogP contribution in [0.2, 0.25) is 0 Å². The highest BCUT2D eigenvalue weighted by atomic mass is 32.2. The number of amidine groups is 1. The Hall–Kier alpha value is -2.54. The number of aromatic nitrogens is 2. The van der Waals surface area contributed by atoms with Gasteiger partial charge in [0.05, 0.1) is 24.5 Å². The Kier molecular flexibility index (Phi) is 4.78. The Morgan fingerprint density at radius 1 is 1.30 bits per heavy atom. The van der Waals surface area contributed by atoms with Gasteiger partial charge in [0.15, 0.2) is 5.17 Å². The number of methoxy groups -OCH3 is 1. The van der Waals surface area contributed by atoms with Crippen molar-refractivity contribution >= 4 is 33.5 Å². The molecule has 7 heteroatoms. The average Bonchev–Trinajstić information content (AvgIpc) is 2.96. The summed E-state index contributed by atoms with van der Waals surface area (Å²) < 4.78 is 20.6. The molecule has 0 unspecified atom stereocenters. The molecule has 1 aliphatic heterocycles. The standard InChI is InChI=1S/C20H21FN4OS/c1-24-12-17(16-6-4-14(21)8-18(16)24)13-10-25(11-13)20(27-3)23-15-5-7-19(26-2)22-9-15/h4-9,12-13H,10-11H2,1-3H3/b23-20+. The fraction of sp³-hybridized carbons (Fsp3) is 0.300. The van der Waals surface area contributed by atoms with Gasteiger partial charge >= 0.3 is 0 Å². The number of likely N-dealkylation sites (tertiary alicyclic amines) is 1. The van der Waals surface area contributed by atoms with Gasteiger partial charge in [-0.3, -0.25) is 0 Å². The number of nitrogens with zero attached hydrogens (tertiary/aromatic N) is 4. The van der Waals surface area contributed by atoms with Gasteiger partial charge in [0.1, 0.15) is 5.82 Å². The van der Waals surface area contributed by atoms with Crippen molar-refractivity contribution in [2.45, 2.75) is 5.92 Å². The summed E-state index contributed by atoms with van der Waals surface area (Å²) in [4.78, 5) is 11.2. The monoisotopic (exact) mass is 384 g/mol. The molecule has 0 bridgehead atoms. The van der Waals surface area contributed by atoms with Gasteiger partial charge in [0, 0.05) is 43.7 Å². The van der Waals surface area contributed by atoms with Crippen LogP contribution in [0.15, 0.2) is 47.7 Å². The Labute approximate surface area is 161 Å². The molecule has 2 aromatic heterocycles. The molecule has 1 fully saturated rings. The van der Waals surface area contributed by atoms with Gasteiger partial charge in [-0.1, -0.05) is 11.8 Å². The van der Waals surface area contributed by atoms with Crippen LogP contribution >= 0.6 is 11.8 Å². The number of halogens is 1. The fourth-order valence-electron chi connectivity index (χ4n) is 3.46. The molecular formula is C20H21FN4OS. The highest BCUT2D eigenvalue weighted by molar-refractivity contribution is 8.13. The fourth-order valence-corrected chi connectivity index (χ4v) is 4.06. The highest BCUT2D eigenvalue weighted by Crippen LogP contribution is 2.35. The molecule has 3 aromatic rings. The number of pyridine rings is 1. The lowest BCUT2D eigenvalue weighted by molar-refractivity contribution is 0.259. The second-order valence-electron chi connectivity index (χ2n) is 6.62. The first kappa shape index (κ1) is 17.9. The SMILES string of the molecule is COc1ccc(/N=C(/SC)N2CC(c3cn(C)c4cc(F)ccc34)C2)cn1. The molecule has 0 atom stereocenters. The van der Waals surface area contributed by atoms with Crippen LogP contribution in [-0.2, 0) is 7.05 Å². The maximum atomic E-state index is 13.5. The van der Waals surface area contributed by atoms with E-state index in [1.54, 1.807) is 31.1 Å². The topological polar surface area (TPSA) is 42.6 Å². The van der Waals surface area contributed by atoms with Crippen molar-refractivity contribution in [3.63, 3.8) is 0 Å². The molecule has 0 N–H and O–H groups in total. The van der Waals surface area contributed by atoms with E-state index in [0.29, 0.717) is 11.8 Å². The summed E-state index contributed by atoms with van der Waals surface area (Å²) in [5.41, 5.74) is 3.02. The van der Waals surface area contributed by atoms with Gasteiger partial charge < -0.3 is 14.2 Å². The Morgan fingerprint density at radius 3 is 2.78 bits per heavy atom. The number of fused-ring (bicyclic) bond motifs is 1. The second kappa shape index (κ2) is 7.23. The molecule has 3 heterocycles. The van der Waals surface area contributed by atoms with Crippen LogP contribution in [0.25, 0.3) is 10.9 Å². The number of hydrogen-bond donors (Lipinski definition) is 0. The zero-order valence-electron chi connectivity index (χ0n) is 15.5. The van der Waals surface area contributed by atoms with Crippen LogP contribution < -0.4 is 4.74 Å². The quantitative estimate of drug-likeness (QED) is 0.502. The first-order chi connectivity index (χ1) is 13.1. The van der Waals surface area contributed by atoms with Gasteiger partial charge in [0.2, 0.25) is 5.88 Å². The Bertz CT molecular complexity index is 993. The minimum atomic E-state index is -0.199. The summed E-state index contributed by atoms with van der Waals surface area (Å²) in [7, 11) is 3.56. The summed E-state index contributed by atoms with van der Waals surface area (Å²) in [5, 5.41) is 2.11. The zero-order chi connectivity index (χ0) is 19.0. The number of rotatable bonds is 3. The molecule has 1 aliphatic rings. The second-order valence-corrected chi connectivity index (χ2v) is 7.39. The van der Waals surface area contributed by atoms with E-state index in [-0.39, 0.29) is 5.82 Å². The summed E-state index contributed by atoms with van der Waals surface area (Å²) >= 11 is 1.63. The van der Waals surface area contributed by atoms with Gasteiger partial charge in [-0.25, -0.2) is 14.4 Å². The minimum absolute atomic E-state index is 0.199. The molecule has 0 aliphatic carbocycles. The normalized spacial score (nSPS) is 15.3. The lowest BCUT2D eigenvalue weighted by Crippen LogP contribution is -2.47. The number of ether oxygens (including phenoxy) is 1. The van der Waals surface area contributed by atoms with E-state index < -0.39 is 0 Å². The van der Waals surface area contributed by atoms with E-state index in [4.69, 9.17) is 9.73 Å². The van der Waals surface area contributed by atoms with Crippen molar-refractivity contribution in [1.82, 2.24) is 14.5 Å². The highest BCUT2D eigenvalue weighted by Gasteiger charge is 2.32. The summed E-state index contributed by atoms with van der Waals surface area (Å²) in [6, 6.07) is 8.73. The Balaban J connectivity index is 1.51. The molecule has 140 valence electrons. The van der Waals surface area contributed by atoms with Crippen molar-refractivity contribution in [1.29, 1.82) is 0 Å². The van der Waals surface area contributed by atoms with Crippen molar-refractivity contribution in [3.05, 3.63) is 54.1 Å². The smallest absolute Gasteiger partial charge is 0.213 e. The Morgan fingerprint density at radius 2 is 2.11 bits per heavy atom. The maximum absolute atomic E-state index is 13.5. The predicted octanol–water partition coefficient (Wildman–Crippen LogP) is 4.17. The largest absolute Gasteiger partial charge is 0.481 e. The van der Waals surface area contributed by atoms with Crippen LogP contribution in [0.4, 0.5) is 10.1 Å². The summed E-state index contributed by atoms with van der Waals surface area (Å²) in [6.45, 7) is 1.81. The van der Waals surface area contributed by atoms with E-state index in [0.717, 1.165) is 34.8 Å². The van der Waals surface area contributed by atoms with E-state index in [2.05, 4.69) is 16.1 Å². The molecule has 0 radical (unpaired) electrons. The van der Waals surface area contributed by atoms with Crippen LogP contribution in [0.1, 0.15) is 11.5 Å². The molecule has 1 aromatic carbocycles. The van der Waals surface area contributed by atoms with Crippen LogP contribution in [0, 0.1) is 5.82 Å². The van der Waals surface area contributed by atoms with Crippen molar-refractivity contribution < 1.29 is 9.13 Å². The number of aliphatic imine (C=N–C) groups is 1. The molecular weight excluding hydrogens is 363 g/mol.